The molecule has 0 aromatic rings. The lowest BCUT2D eigenvalue weighted by molar-refractivity contribution is -0.146. The highest BCUT2D eigenvalue weighted by molar-refractivity contribution is 5.80. The van der Waals surface area contributed by atoms with Crippen molar-refractivity contribution in [2.45, 2.75) is 6.92 Å². The van der Waals surface area contributed by atoms with Crippen LogP contribution in [-0.4, -0.2) is 62.5 Å². The molecule has 1 amide bonds. The minimum atomic E-state index is -0.215. The fourth-order valence-corrected chi connectivity index (χ4v) is 2.00. The van der Waals surface area contributed by atoms with E-state index in [4.69, 9.17) is 4.74 Å². The molecule has 16 heavy (non-hydrogen) atoms. The predicted molar refractivity (Wildman–Crippen MR) is 59.8 cm³/mol. The molecule has 92 valence electrons. The quantitative estimate of drug-likeness (QED) is 0.629. The topological polar surface area (TPSA) is 49.9 Å². The second-order valence-corrected chi connectivity index (χ2v) is 4.64. The highest BCUT2D eigenvalue weighted by atomic mass is 16.5. The normalized spacial score (nSPS) is 24.9. The summed E-state index contributed by atoms with van der Waals surface area (Å²) in [6.45, 7) is 3.50. The van der Waals surface area contributed by atoms with Crippen molar-refractivity contribution in [2.75, 3.05) is 40.8 Å². The van der Waals surface area contributed by atoms with Gasteiger partial charge in [-0.3, -0.25) is 9.59 Å². The van der Waals surface area contributed by atoms with Crippen molar-refractivity contribution < 1.29 is 14.3 Å². The van der Waals surface area contributed by atoms with Crippen LogP contribution in [0.3, 0.4) is 0 Å². The monoisotopic (exact) mass is 228 g/mol. The van der Waals surface area contributed by atoms with Crippen LogP contribution >= 0.6 is 0 Å². The van der Waals surface area contributed by atoms with Crippen molar-refractivity contribution in [3.8, 4) is 0 Å². The van der Waals surface area contributed by atoms with Gasteiger partial charge in [-0.1, -0.05) is 6.92 Å². The van der Waals surface area contributed by atoms with Gasteiger partial charge in [0.15, 0.2) is 0 Å². The fourth-order valence-electron chi connectivity index (χ4n) is 2.00. The number of carbonyl (C=O) groups is 2. The number of ether oxygens (including phenoxy) is 1. The Morgan fingerprint density at radius 3 is 2.50 bits per heavy atom. The average molecular weight is 228 g/mol. The van der Waals surface area contributed by atoms with Gasteiger partial charge in [-0.15, -0.1) is 0 Å². The molecule has 1 aliphatic heterocycles. The number of esters is 1. The van der Waals surface area contributed by atoms with E-state index in [-0.39, 0.29) is 23.7 Å². The van der Waals surface area contributed by atoms with Crippen molar-refractivity contribution in [3.63, 3.8) is 0 Å². The highest BCUT2D eigenvalue weighted by Crippen LogP contribution is 2.24. The Bertz CT molecular complexity index is 278. The number of carbonyl (C=O) groups excluding carboxylic acids is 2. The predicted octanol–water partition coefficient (Wildman–Crippen LogP) is -0.184. The lowest BCUT2D eigenvalue weighted by atomic mass is 9.99. The van der Waals surface area contributed by atoms with E-state index < -0.39 is 0 Å². The molecule has 0 aromatic carbocycles. The van der Waals surface area contributed by atoms with Crippen LogP contribution in [0.5, 0.6) is 0 Å². The Labute approximate surface area is 96.3 Å². The zero-order valence-corrected chi connectivity index (χ0v) is 10.4. The summed E-state index contributed by atoms with van der Waals surface area (Å²) >= 11 is 0. The zero-order chi connectivity index (χ0) is 12.3. The second kappa shape index (κ2) is 5.30. The van der Waals surface area contributed by atoms with E-state index in [9.17, 15) is 9.59 Å². The molecule has 1 fully saturated rings. The van der Waals surface area contributed by atoms with Crippen molar-refractivity contribution in [2.24, 2.45) is 11.8 Å². The van der Waals surface area contributed by atoms with E-state index in [0.29, 0.717) is 19.6 Å². The van der Waals surface area contributed by atoms with Crippen LogP contribution < -0.4 is 0 Å². The molecule has 0 radical (unpaired) electrons. The van der Waals surface area contributed by atoms with Crippen molar-refractivity contribution >= 4 is 11.9 Å². The van der Waals surface area contributed by atoms with E-state index in [2.05, 4.69) is 0 Å². The first-order valence-corrected chi connectivity index (χ1v) is 5.46. The number of methoxy groups -OCH3 is 1. The molecule has 0 saturated carbocycles. The average Bonchev–Trinajstić information content (AvgIpc) is 2.58. The van der Waals surface area contributed by atoms with Crippen LogP contribution in [0, 0.1) is 11.8 Å². The molecule has 0 bridgehead atoms. The van der Waals surface area contributed by atoms with E-state index in [1.54, 1.807) is 4.90 Å². The summed E-state index contributed by atoms with van der Waals surface area (Å²) < 4.78 is 4.73. The van der Waals surface area contributed by atoms with Gasteiger partial charge in [-0.05, 0) is 20.0 Å². The van der Waals surface area contributed by atoms with Gasteiger partial charge in [0.05, 0.1) is 19.6 Å². The number of hydrogen-bond acceptors (Lipinski definition) is 4. The standard InChI is InChI=1S/C11H20N2O3/c1-8-5-13(10(14)7-12(2)3)6-9(8)11(15)16-4/h8-9H,5-7H2,1-4H3. The summed E-state index contributed by atoms with van der Waals surface area (Å²) in [7, 11) is 5.10. The number of amides is 1. The number of rotatable bonds is 3. The van der Waals surface area contributed by atoms with E-state index >= 15 is 0 Å². The van der Waals surface area contributed by atoms with E-state index in [1.165, 1.54) is 7.11 Å². The van der Waals surface area contributed by atoms with Gasteiger partial charge >= 0.3 is 5.97 Å². The minimum absolute atomic E-state index is 0.0725. The number of nitrogens with zero attached hydrogens (tertiary/aromatic N) is 2. The minimum Gasteiger partial charge on any atom is -0.469 e. The van der Waals surface area contributed by atoms with Crippen LogP contribution in [0.2, 0.25) is 0 Å². The van der Waals surface area contributed by atoms with Crippen LogP contribution in [0.4, 0.5) is 0 Å². The third kappa shape index (κ3) is 2.95. The second-order valence-electron chi connectivity index (χ2n) is 4.64. The molecule has 1 aliphatic rings. The number of likely N-dealkylation sites (N-methyl/N-ethyl adjacent to an activating group) is 1. The smallest absolute Gasteiger partial charge is 0.310 e. The molecule has 2 atom stereocenters. The molecule has 0 aromatic heterocycles. The lowest BCUT2D eigenvalue weighted by Gasteiger charge is -2.18. The Morgan fingerprint density at radius 1 is 1.38 bits per heavy atom. The molecule has 1 saturated heterocycles. The fraction of sp³-hybridized carbons (Fsp3) is 0.818. The molecule has 0 N–H and O–H groups in total. The van der Waals surface area contributed by atoms with Crippen LogP contribution in [0.15, 0.2) is 0 Å². The molecule has 1 rings (SSSR count). The summed E-state index contributed by atoms with van der Waals surface area (Å²) in [5, 5.41) is 0. The number of likely N-dealkylation sites (tertiary alicyclic amines) is 1. The van der Waals surface area contributed by atoms with Crippen LogP contribution in [-0.2, 0) is 14.3 Å². The van der Waals surface area contributed by atoms with Crippen molar-refractivity contribution in [3.05, 3.63) is 0 Å². The molecule has 0 spiro atoms. The van der Waals surface area contributed by atoms with Gasteiger partial charge in [0.1, 0.15) is 0 Å². The first-order valence-electron chi connectivity index (χ1n) is 5.46. The maximum Gasteiger partial charge on any atom is 0.310 e. The Kier molecular flexibility index (Phi) is 4.29. The SMILES string of the molecule is COC(=O)C1CN(C(=O)CN(C)C)CC1C. The third-order valence-corrected chi connectivity index (χ3v) is 2.92. The van der Waals surface area contributed by atoms with Crippen molar-refractivity contribution in [1.82, 2.24) is 9.80 Å². The Balaban J connectivity index is 2.55. The maximum atomic E-state index is 11.8. The Hall–Kier alpha value is -1.10. The molecule has 1 heterocycles. The zero-order valence-electron chi connectivity index (χ0n) is 10.4. The first kappa shape index (κ1) is 13.0. The molecule has 2 unspecified atom stereocenters. The molecular formula is C11H20N2O3. The first-order chi connectivity index (χ1) is 7.45. The Morgan fingerprint density at radius 2 is 2.00 bits per heavy atom. The van der Waals surface area contributed by atoms with E-state index in [1.807, 2.05) is 25.9 Å². The highest BCUT2D eigenvalue weighted by Gasteiger charge is 2.37. The molecule has 5 nitrogen and oxygen atoms in total. The summed E-state index contributed by atoms with van der Waals surface area (Å²) in [5.41, 5.74) is 0. The van der Waals surface area contributed by atoms with Gasteiger partial charge in [-0.25, -0.2) is 0 Å². The summed E-state index contributed by atoms with van der Waals surface area (Å²) in [6.07, 6.45) is 0. The maximum absolute atomic E-state index is 11.8. The van der Waals surface area contributed by atoms with Gasteiger partial charge in [0, 0.05) is 13.1 Å². The molecule has 5 heteroatoms. The van der Waals surface area contributed by atoms with Gasteiger partial charge in [0.2, 0.25) is 5.91 Å². The van der Waals surface area contributed by atoms with Gasteiger partial charge in [0.25, 0.3) is 0 Å². The summed E-state index contributed by atoms with van der Waals surface area (Å²) in [6, 6.07) is 0. The summed E-state index contributed by atoms with van der Waals surface area (Å²) in [5.74, 6) is -0.134. The lowest BCUT2D eigenvalue weighted by Crippen LogP contribution is -2.36. The van der Waals surface area contributed by atoms with Gasteiger partial charge in [-0.2, -0.15) is 0 Å². The van der Waals surface area contributed by atoms with Crippen LogP contribution in [0.1, 0.15) is 6.92 Å². The largest absolute Gasteiger partial charge is 0.469 e. The summed E-state index contributed by atoms with van der Waals surface area (Å²) in [4.78, 5) is 26.8. The van der Waals surface area contributed by atoms with Gasteiger partial charge < -0.3 is 14.5 Å². The van der Waals surface area contributed by atoms with Crippen LogP contribution in [0.25, 0.3) is 0 Å². The third-order valence-electron chi connectivity index (χ3n) is 2.92. The molecule has 0 aliphatic carbocycles. The van der Waals surface area contributed by atoms with Crippen molar-refractivity contribution in [1.29, 1.82) is 0 Å². The molecular weight excluding hydrogens is 208 g/mol. The number of hydrogen-bond donors (Lipinski definition) is 0. The van der Waals surface area contributed by atoms with E-state index in [0.717, 1.165) is 0 Å².